The lowest BCUT2D eigenvalue weighted by molar-refractivity contribution is 0.00105. The molecule has 1 rings (SSSR count). The minimum atomic E-state index is 0.394. The summed E-state index contributed by atoms with van der Waals surface area (Å²) in [5.41, 5.74) is 3.37. The summed E-state index contributed by atoms with van der Waals surface area (Å²) < 4.78 is 5.35. The molecule has 0 saturated heterocycles. The number of hydroxylamine groups is 1. The highest BCUT2D eigenvalue weighted by molar-refractivity contribution is 6.35. The van der Waals surface area contributed by atoms with Crippen LogP contribution in [0.15, 0.2) is 18.2 Å². The van der Waals surface area contributed by atoms with Crippen LogP contribution in [-0.4, -0.2) is 20.3 Å². The molecule has 0 aliphatic rings. The number of hydrogen-bond donors (Lipinski definition) is 1. The summed E-state index contributed by atoms with van der Waals surface area (Å²) in [6.45, 7) is 1.37. The fourth-order valence-corrected chi connectivity index (χ4v) is 1.55. The molecule has 0 fully saturated rings. The molecule has 0 radical (unpaired) electrons. The third-order valence-corrected chi connectivity index (χ3v) is 2.49. The zero-order chi connectivity index (χ0) is 11.1. The number of ether oxygens (including phenoxy) is 1. The van der Waals surface area contributed by atoms with Crippen LogP contribution in [0.1, 0.15) is 5.56 Å². The zero-order valence-corrected chi connectivity index (χ0v) is 9.94. The lowest BCUT2D eigenvalue weighted by Gasteiger charge is -2.07. The van der Waals surface area contributed by atoms with Crippen LogP contribution in [0.25, 0.3) is 0 Å². The Morgan fingerprint density at radius 1 is 1.20 bits per heavy atom. The molecule has 0 aliphatic carbocycles. The molecular weight excluding hydrogens is 237 g/mol. The molecular formula is C10H13Cl2NO2. The van der Waals surface area contributed by atoms with Crippen LogP contribution in [0.3, 0.4) is 0 Å². The summed E-state index contributed by atoms with van der Waals surface area (Å²) in [4.78, 5) is 4.89. The molecule has 3 nitrogen and oxygen atoms in total. The monoisotopic (exact) mass is 249 g/mol. The van der Waals surface area contributed by atoms with Gasteiger partial charge in [0, 0.05) is 22.7 Å². The first kappa shape index (κ1) is 12.7. The molecule has 0 unspecified atom stereocenters. The third-order valence-electron chi connectivity index (χ3n) is 1.78. The predicted molar refractivity (Wildman–Crippen MR) is 61.1 cm³/mol. The number of hydrogen-bond acceptors (Lipinski definition) is 3. The Labute approximate surface area is 99.2 Å². The Balaban J connectivity index is 2.37. The first-order chi connectivity index (χ1) is 7.25. The predicted octanol–water partition coefficient (Wildman–Crippen LogP) is 2.66. The van der Waals surface area contributed by atoms with E-state index in [4.69, 9.17) is 32.8 Å². The minimum absolute atomic E-state index is 0.394. The summed E-state index contributed by atoms with van der Waals surface area (Å²) in [7, 11) is 1.70. The lowest BCUT2D eigenvalue weighted by Crippen LogP contribution is -2.12. The van der Waals surface area contributed by atoms with Crippen molar-refractivity contribution in [3.63, 3.8) is 0 Å². The number of halogens is 2. The Hall–Kier alpha value is -0.320. The smallest absolute Gasteiger partial charge is 0.0916 e. The van der Waals surface area contributed by atoms with Gasteiger partial charge in [-0.3, -0.25) is 4.84 Å². The van der Waals surface area contributed by atoms with Crippen molar-refractivity contribution in [1.29, 1.82) is 0 Å². The highest BCUT2D eigenvalue weighted by Gasteiger charge is 2.04. The normalized spacial score (nSPS) is 10.6. The number of nitrogens with one attached hydrogen (secondary N) is 1. The Morgan fingerprint density at radius 2 is 1.87 bits per heavy atom. The molecule has 0 heterocycles. The maximum absolute atomic E-state index is 5.96. The van der Waals surface area contributed by atoms with Crippen molar-refractivity contribution in [2.45, 2.75) is 6.61 Å². The molecule has 0 spiro atoms. The average molecular weight is 250 g/mol. The van der Waals surface area contributed by atoms with Gasteiger partial charge in [0.25, 0.3) is 0 Å². The van der Waals surface area contributed by atoms with Crippen LogP contribution in [0.2, 0.25) is 10.0 Å². The molecule has 0 aromatic heterocycles. The molecule has 0 amide bonds. The van der Waals surface area contributed by atoms with Gasteiger partial charge in [-0.1, -0.05) is 29.3 Å². The second-order valence-corrected chi connectivity index (χ2v) is 3.62. The maximum atomic E-state index is 5.96. The molecule has 1 aromatic rings. The molecule has 1 aromatic carbocycles. The van der Waals surface area contributed by atoms with Gasteiger partial charge in [0.15, 0.2) is 0 Å². The molecule has 15 heavy (non-hydrogen) atoms. The van der Waals surface area contributed by atoms with Gasteiger partial charge in [-0.15, -0.1) is 0 Å². The number of benzene rings is 1. The van der Waals surface area contributed by atoms with E-state index in [1.165, 1.54) is 0 Å². The zero-order valence-electron chi connectivity index (χ0n) is 8.43. The van der Waals surface area contributed by atoms with Gasteiger partial charge >= 0.3 is 0 Å². The first-order valence-corrected chi connectivity index (χ1v) is 5.30. The molecule has 1 N–H and O–H groups in total. The van der Waals surface area contributed by atoms with E-state index in [9.17, 15) is 0 Å². The second-order valence-electron chi connectivity index (χ2n) is 2.81. The van der Waals surface area contributed by atoms with Gasteiger partial charge in [0.1, 0.15) is 0 Å². The van der Waals surface area contributed by atoms with E-state index in [0.717, 1.165) is 5.56 Å². The largest absolute Gasteiger partial charge is 0.374 e. The van der Waals surface area contributed by atoms with Gasteiger partial charge in [-0.05, 0) is 12.1 Å². The summed E-state index contributed by atoms with van der Waals surface area (Å²) >= 11 is 11.9. The van der Waals surface area contributed by atoms with Gasteiger partial charge in [-0.25, -0.2) is 5.48 Å². The summed E-state index contributed by atoms with van der Waals surface area (Å²) in [5, 5.41) is 1.24. The minimum Gasteiger partial charge on any atom is -0.374 e. The van der Waals surface area contributed by atoms with E-state index < -0.39 is 0 Å². The molecule has 0 atom stereocenters. The molecule has 84 valence electrons. The van der Waals surface area contributed by atoms with Crippen LogP contribution in [0.4, 0.5) is 0 Å². The Bertz CT molecular complexity index is 287. The van der Waals surface area contributed by atoms with Crippen LogP contribution in [0.5, 0.6) is 0 Å². The summed E-state index contributed by atoms with van der Waals surface area (Å²) in [5.74, 6) is 0. The fraction of sp³-hybridized carbons (Fsp3) is 0.400. The maximum Gasteiger partial charge on any atom is 0.0916 e. The van der Waals surface area contributed by atoms with Crippen molar-refractivity contribution >= 4 is 23.2 Å². The molecule has 0 aliphatic heterocycles. The Morgan fingerprint density at radius 3 is 2.47 bits per heavy atom. The summed E-state index contributed by atoms with van der Waals surface area (Å²) in [6.07, 6.45) is 0. The molecule has 0 bridgehead atoms. The van der Waals surface area contributed by atoms with Crippen molar-refractivity contribution in [1.82, 2.24) is 5.48 Å². The van der Waals surface area contributed by atoms with E-state index in [1.807, 2.05) is 0 Å². The van der Waals surface area contributed by atoms with Crippen LogP contribution in [-0.2, 0) is 16.2 Å². The highest BCUT2D eigenvalue weighted by Crippen LogP contribution is 2.24. The van der Waals surface area contributed by atoms with Crippen molar-refractivity contribution in [2.24, 2.45) is 0 Å². The van der Waals surface area contributed by atoms with Crippen molar-refractivity contribution in [3.05, 3.63) is 33.8 Å². The van der Waals surface area contributed by atoms with Crippen LogP contribution in [0, 0.1) is 0 Å². The van der Waals surface area contributed by atoms with E-state index >= 15 is 0 Å². The third kappa shape index (κ3) is 4.36. The topological polar surface area (TPSA) is 30.5 Å². The fourth-order valence-electron chi connectivity index (χ4n) is 1.05. The van der Waals surface area contributed by atoms with Gasteiger partial charge in [-0.2, -0.15) is 0 Å². The first-order valence-electron chi connectivity index (χ1n) is 4.55. The van der Waals surface area contributed by atoms with E-state index in [0.29, 0.717) is 29.9 Å². The SMILES string of the molecule is CNOCCOCc1c(Cl)cccc1Cl. The molecule has 5 heteroatoms. The second kappa shape index (κ2) is 7.04. The van der Waals surface area contributed by atoms with Crippen LogP contribution < -0.4 is 5.48 Å². The average Bonchev–Trinajstić information content (AvgIpc) is 2.21. The van der Waals surface area contributed by atoms with Crippen molar-refractivity contribution in [3.8, 4) is 0 Å². The standard InChI is InChI=1S/C10H13Cl2NO2/c1-13-15-6-5-14-7-8-9(11)3-2-4-10(8)12/h2-4,13H,5-7H2,1H3. The van der Waals surface area contributed by atoms with Crippen LogP contribution >= 0.6 is 23.2 Å². The van der Waals surface area contributed by atoms with Crippen molar-refractivity contribution < 1.29 is 9.57 Å². The highest BCUT2D eigenvalue weighted by atomic mass is 35.5. The molecule has 0 saturated carbocycles. The Kier molecular flexibility index (Phi) is 5.98. The van der Waals surface area contributed by atoms with Gasteiger partial charge in [0.2, 0.25) is 0 Å². The van der Waals surface area contributed by atoms with Crippen molar-refractivity contribution in [2.75, 3.05) is 20.3 Å². The lowest BCUT2D eigenvalue weighted by atomic mass is 10.2. The van der Waals surface area contributed by atoms with Gasteiger partial charge < -0.3 is 4.74 Å². The van der Waals surface area contributed by atoms with Gasteiger partial charge in [0.05, 0.1) is 19.8 Å². The quantitative estimate of drug-likeness (QED) is 0.622. The van der Waals surface area contributed by atoms with E-state index in [1.54, 1.807) is 25.2 Å². The number of rotatable bonds is 6. The van der Waals surface area contributed by atoms with E-state index in [-0.39, 0.29) is 0 Å². The van der Waals surface area contributed by atoms with E-state index in [2.05, 4.69) is 5.48 Å². The summed E-state index contributed by atoms with van der Waals surface area (Å²) in [6, 6.07) is 5.38.